The van der Waals surface area contributed by atoms with Crippen LogP contribution >= 0.6 is 11.6 Å². The van der Waals surface area contributed by atoms with Crippen LogP contribution in [0.25, 0.3) is 0 Å². The number of nitrogen functional groups attached to an aromatic ring is 1. The third-order valence-electron chi connectivity index (χ3n) is 3.25. The highest BCUT2D eigenvalue weighted by Gasteiger charge is 2.25. The summed E-state index contributed by atoms with van der Waals surface area (Å²) >= 11 is 5.73. The Morgan fingerprint density at radius 2 is 1.89 bits per heavy atom. The predicted molar refractivity (Wildman–Crippen MR) is 73.0 cm³/mol. The summed E-state index contributed by atoms with van der Waals surface area (Å²) in [6, 6.07) is 2.13. The first kappa shape index (κ1) is 14.6. The molecule has 0 saturated heterocycles. The van der Waals surface area contributed by atoms with Gasteiger partial charge in [0.05, 0.1) is 5.69 Å². The lowest BCUT2D eigenvalue weighted by atomic mass is 9.96. The molecule has 0 bridgehead atoms. The molecule has 106 valence electrons. The second-order valence-corrected chi connectivity index (χ2v) is 6.88. The Morgan fingerprint density at radius 3 is 2.53 bits per heavy atom. The number of nitrogens with one attached hydrogen (secondary N) is 1. The van der Waals surface area contributed by atoms with Crippen LogP contribution in [-0.2, 0) is 10.0 Å². The van der Waals surface area contributed by atoms with Crippen molar-refractivity contribution in [1.82, 2.24) is 4.72 Å². The van der Waals surface area contributed by atoms with Gasteiger partial charge in [0.25, 0.3) is 0 Å². The van der Waals surface area contributed by atoms with Gasteiger partial charge in [0.2, 0.25) is 10.0 Å². The van der Waals surface area contributed by atoms with Gasteiger partial charge >= 0.3 is 0 Å². The minimum absolute atomic E-state index is 0.0999. The molecule has 0 amide bonds. The van der Waals surface area contributed by atoms with Crippen LogP contribution in [-0.4, -0.2) is 14.5 Å². The molecule has 2 rings (SSSR count). The Hall–Kier alpha value is -0.850. The molecule has 1 saturated carbocycles. The van der Waals surface area contributed by atoms with Gasteiger partial charge in [-0.25, -0.2) is 17.5 Å². The molecule has 3 N–H and O–H groups in total. The first-order valence-electron chi connectivity index (χ1n) is 6.17. The van der Waals surface area contributed by atoms with Crippen LogP contribution in [0.5, 0.6) is 0 Å². The molecule has 4 nitrogen and oxygen atoms in total. The summed E-state index contributed by atoms with van der Waals surface area (Å²) in [5.74, 6) is -0.951. The maximum absolute atomic E-state index is 13.8. The van der Waals surface area contributed by atoms with E-state index < -0.39 is 20.7 Å². The van der Waals surface area contributed by atoms with E-state index in [4.69, 9.17) is 17.3 Å². The number of rotatable bonds is 3. The van der Waals surface area contributed by atoms with Crippen molar-refractivity contribution in [3.8, 4) is 0 Å². The van der Waals surface area contributed by atoms with Crippen LogP contribution < -0.4 is 10.5 Å². The van der Waals surface area contributed by atoms with Gasteiger partial charge in [-0.2, -0.15) is 0 Å². The van der Waals surface area contributed by atoms with Crippen LogP contribution in [0.4, 0.5) is 10.1 Å². The minimum atomic E-state index is -3.93. The second kappa shape index (κ2) is 5.64. The van der Waals surface area contributed by atoms with Crippen LogP contribution in [0.1, 0.15) is 32.1 Å². The second-order valence-electron chi connectivity index (χ2n) is 4.76. The number of nitrogens with two attached hydrogens (primary N) is 1. The average Bonchev–Trinajstić information content (AvgIpc) is 2.34. The van der Waals surface area contributed by atoms with Gasteiger partial charge in [-0.15, -0.1) is 0 Å². The summed E-state index contributed by atoms with van der Waals surface area (Å²) in [6.45, 7) is 0. The highest BCUT2D eigenvalue weighted by molar-refractivity contribution is 7.89. The first-order valence-corrected chi connectivity index (χ1v) is 8.03. The summed E-state index contributed by atoms with van der Waals surface area (Å²) in [5.41, 5.74) is 5.13. The van der Waals surface area contributed by atoms with Crippen molar-refractivity contribution in [2.24, 2.45) is 0 Å². The zero-order valence-electron chi connectivity index (χ0n) is 10.3. The van der Waals surface area contributed by atoms with Crippen molar-refractivity contribution < 1.29 is 12.8 Å². The van der Waals surface area contributed by atoms with E-state index in [1.54, 1.807) is 0 Å². The van der Waals surface area contributed by atoms with Gasteiger partial charge in [0.1, 0.15) is 4.90 Å². The minimum Gasteiger partial charge on any atom is -0.396 e. The van der Waals surface area contributed by atoms with E-state index in [1.807, 2.05) is 0 Å². The molecule has 0 aliphatic heterocycles. The molecule has 0 atom stereocenters. The fraction of sp³-hybridized carbons (Fsp3) is 0.500. The molecule has 7 heteroatoms. The average molecular weight is 307 g/mol. The Kier molecular flexibility index (Phi) is 4.32. The van der Waals surface area contributed by atoms with Crippen molar-refractivity contribution in [3.05, 3.63) is 23.0 Å². The number of anilines is 1. The summed E-state index contributed by atoms with van der Waals surface area (Å²) in [7, 11) is -3.93. The summed E-state index contributed by atoms with van der Waals surface area (Å²) in [5, 5.41) is 0.0999. The first-order chi connectivity index (χ1) is 8.90. The molecule has 1 fully saturated rings. The smallest absolute Gasteiger partial charge is 0.243 e. The maximum atomic E-state index is 13.8. The van der Waals surface area contributed by atoms with E-state index in [2.05, 4.69) is 4.72 Å². The van der Waals surface area contributed by atoms with E-state index in [0.29, 0.717) is 0 Å². The Morgan fingerprint density at radius 1 is 1.26 bits per heavy atom. The van der Waals surface area contributed by atoms with Gasteiger partial charge < -0.3 is 5.73 Å². The zero-order valence-corrected chi connectivity index (χ0v) is 11.9. The van der Waals surface area contributed by atoms with Gasteiger partial charge in [-0.3, -0.25) is 0 Å². The highest BCUT2D eigenvalue weighted by atomic mass is 35.5. The van der Waals surface area contributed by atoms with E-state index in [-0.39, 0.29) is 16.8 Å². The summed E-state index contributed by atoms with van der Waals surface area (Å²) in [6.07, 6.45) is 4.62. The van der Waals surface area contributed by atoms with Gasteiger partial charge in [0, 0.05) is 11.1 Å². The molecular formula is C12H16ClFN2O2S. The monoisotopic (exact) mass is 306 g/mol. The number of hydrogen-bond donors (Lipinski definition) is 2. The van der Waals surface area contributed by atoms with E-state index in [9.17, 15) is 12.8 Å². The van der Waals surface area contributed by atoms with Crippen molar-refractivity contribution in [1.29, 1.82) is 0 Å². The normalized spacial score (nSPS) is 17.6. The molecule has 0 spiro atoms. The number of hydrogen-bond acceptors (Lipinski definition) is 3. The van der Waals surface area contributed by atoms with Gasteiger partial charge in [-0.05, 0) is 25.0 Å². The number of sulfonamides is 1. The third kappa shape index (κ3) is 3.38. The van der Waals surface area contributed by atoms with E-state index in [1.165, 1.54) is 6.07 Å². The standard InChI is InChI=1S/C12H16ClFN2O2S/c13-8-6-10(15)12(14)11(7-8)19(17,18)16-9-4-2-1-3-5-9/h6-7,9,16H,1-5,15H2. The molecule has 1 aromatic carbocycles. The SMILES string of the molecule is Nc1cc(Cl)cc(S(=O)(=O)NC2CCCCC2)c1F. The number of halogens is 2. The van der Waals surface area contributed by atoms with Gasteiger partial charge in [0.15, 0.2) is 5.82 Å². The van der Waals surface area contributed by atoms with Crippen molar-refractivity contribution in [3.63, 3.8) is 0 Å². The van der Waals surface area contributed by atoms with Crippen molar-refractivity contribution in [2.45, 2.75) is 43.0 Å². The van der Waals surface area contributed by atoms with Crippen molar-refractivity contribution in [2.75, 3.05) is 5.73 Å². The molecule has 1 aliphatic carbocycles. The zero-order chi connectivity index (χ0) is 14.0. The lowest BCUT2D eigenvalue weighted by Crippen LogP contribution is -2.36. The molecule has 0 radical (unpaired) electrons. The van der Waals surface area contributed by atoms with E-state index >= 15 is 0 Å². The maximum Gasteiger partial charge on any atom is 0.243 e. The fourth-order valence-electron chi connectivity index (χ4n) is 2.28. The van der Waals surface area contributed by atoms with E-state index in [0.717, 1.165) is 38.2 Å². The van der Waals surface area contributed by atoms with Crippen LogP contribution in [0, 0.1) is 5.82 Å². The van der Waals surface area contributed by atoms with Crippen LogP contribution in [0.3, 0.4) is 0 Å². The largest absolute Gasteiger partial charge is 0.396 e. The van der Waals surface area contributed by atoms with Gasteiger partial charge in [-0.1, -0.05) is 30.9 Å². The molecule has 0 unspecified atom stereocenters. The predicted octanol–water partition coefficient (Wildman–Crippen LogP) is 2.67. The third-order valence-corrected chi connectivity index (χ3v) is 4.99. The molecule has 0 aromatic heterocycles. The lowest BCUT2D eigenvalue weighted by molar-refractivity contribution is 0.411. The Balaban J connectivity index is 2.28. The lowest BCUT2D eigenvalue weighted by Gasteiger charge is -2.22. The quantitative estimate of drug-likeness (QED) is 0.843. The topological polar surface area (TPSA) is 72.2 Å². The van der Waals surface area contributed by atoms with Crippen LogP contribution in [0.15, 0.2) is 17.0 Å². The fourth-order valence-corrected chi connectivity index (χ4v) is 4.01. The molecular weight excluding hydrogens is 291 g/mol. The van der Waals surface area contributed by atoms with Crippen molar-refractivity contribution >= 4 is 27.3 Å². The number of benzene rings is 1. The summed E-state index contributed by atoms with van der Waals surface area (Å²) in [4.78, 5) is -0.483. The summed E-state index contributed by atoms with van der Waals surface area (Å²) < 4.78 is 40.7. The van der Waals surface area contributed by atoms with Crippen LogP contribution in [0.2, 0.25) is 5.02 Å². The molecule has 1 aromatic rings. The molecule has 1 aliphatic rings. The highest BCUT2D eigenvalue weighted by Crippen LogP contribution is 2.26. The Bertz CT molecular complexity index is 571. The molecule has 0 heterocycles. The Labute approximate surface area is 117 Å². The molecule has 19 heavy (non-hydrogen) atoms.